The van der Waals surface area contributed by atoms with E-state index in [0.29, 0.717) is 17.9 Å². The molecule has 1 aliphatic heterocycles. The van der Waals surface area contributed by atoms with Gasteiger partial charge in [0.2, 0.25) is 0 Å². The number of carbonyl (C=O) groups excluding carboxylic acids is 1. The fourth-order valence-electron chi connectivity index (χ4n) is 4.87. The van der Waals surface area contributed by atoms with Crippen LogP contribution in [0, 0.1) is 6.92 Å². The molecule has 2 aliphatic rings. The van der Waals surface area contributed by atoms with Gasteiger partial charge in [-0.3, -0.25) is 4.79 Å². The SMILES string of the molecule is CC.Cc1ccc(CN2CCc3cccc(C(=O)NC4(c5ccc(/C(=N/N)NN)cc5)CC4)c32)cc1Cl. The Hall–Kier alpha value is -3.55. The van der Waals surface area contributed by atoms with Crippen LogP contribution in [0.25, 0.3) is 0 Å². The lowest BCUT2D eigenvalue weighted by atomic mass is 10.0. The van der Waals surface area contributed by atoms with Crippen molar-refractivity contribution < 1.29 is 4.79 Å². The molecule has 3 aromatic carbocycles. The standard InChI is InChI=1S/C27H29ClN6O.C2H6/c1-17-5-6-18(15-23(17)28)16-34-14-11-19-3-2-4-22(24(19)34)26(35)31-27(12-13-27)21-9-7-20(8-10-21)25(32-29)33-30;1-2/h2-10,15H,11-14,16,29-30H2,1H3,(H,31,35)(H,32,33);1-2H3. The molecule has 5 rings (SSSR count). The molecule has 1 fully saturated rings. The second kappa shape index (κ2) is 11.2. The van der Waals surface area contributed by atoms with Gasteiger partial charge in [-0.1, -0.05) is 74.0 Å². The van der Waals surface area contributed by atoms with Gasteiger partial charge in [-0.15, -0.1) is 0 Å². The molecule has 3 aromatic rings. The van der Waals surface area contributed by atoms with Gasteiger partial charge in [0.05, 0.1) is 16.8 Å². The van der Waals surface area contributed by atoms with Gasteiger partial charge >= 0.3 is 0 Å². The maximum absolute atomic E-state index is 13.6. The number of hydrogen-bond donors (Lipinski definition) is 4. The summed E-state index contributed by atoms with van der Waals surface area (Å²) in [5.74, 6) is 11.2. The number of anilines is 1. The number of nitrogens with two attached hydrogens (primary N) is 2. The lowest BCUT2D eigenvalue weighted by Crippen LogP contribution is -2.36. The molecule has 0 saturated heterocycles. The van der Waals surface area contributed by atoms with Crippen LogP contribution in [-0.2, 0) is 18.5 Å². The smallest absolute Gasteiger partial charge is 0.254 e. The molecule has 1 aliphatic carbocycles. The van der Waals surface area contributed by atoms with Gasteiger partial charge in [-0.2, -0.15) is 5.10 Å². The molecule has 0 radical (unpaired) electrons. The van der Waals surface area contributed by atoms with Gasteiger partial charge in [-0.05, 0) is 60.6 Å². The van der Waals surface area contributed by atoms with Crippen LogP contribution < -0.4 is 27.3 Å². The van der Waals surface area contributed by atoms with Crippen molar-refractivity contribution in [2.45, 2.75) is 52.1 Å². The van der Waals surface area contributed by atoms with E-state index in [1.807, 2.05) is 69.3 Å². The van der Waals surface area contributed by atoms with Crippen LogP contribution in [0.4, 0.5) is 5.69 Å². The largest absolute Gasteiger partial charge is 0.366 e. The zero-order valence-electron chi connectivity index (χ0n) is 21.6. The number of amides is 1. The highest BCUT2D eigenvalue weighted by Gasteiger charge is 2.46. The third kappa shape index (κ3) is 5.43. The minimum atomic E-state index is -0.359. The Kier molecular flexibility index (Phi) is 8.05. The molecule has 0 aromatic heterocycles. The Labute approximate surface area is 223 Å². The van der Waals surface area contributed by atoms with E-state index in [4.69, 9.17) is 23.3 Å². The number of hydrazine groups is 1. The van der Waals surface area contributed by atoms with Crippen LogP contribution in [-0.4, -0.2) is 18.3 Å². The van der Waals surface area contributed by atoms with E-state index < -0.39 is 0 Å². The Morgan fingerprint density at radius 1 is 1.11 bits per heavy atom. The maximum Gasteiger partial charge on any atom is 0.254 e. The van der Waals surface area contributed by atoms with E-state index in [2.05, 4.69) is 32.9 Å². The van der Waals surface area contributed by atoms with Crippen LogP contribution in [0.2, 0.25) is 5.02 Å². The van der Waals surface area contributed by atoms with Crippen LogP contribution >= 0.6 is 11.6 Å². The molecular formula is C29H35ClN6O. The van der Waals surface area contributed by atoms with E-state index in [1.165, 1.54) is 5.56 Å². The second-order valence-corrected chi connectivity index (χ2v) is 9.71. The van der Waals surface area contributed by atoms with Crippen molar-refractivity contribution in [3.05, 3.63) is 99.1 Å². The number of halogens is 1. The first-order valence-electron chi connectivity index (χ1n) is 12.7. The minimum absolute atomic E-state index is 0.0508. The van der Waals surface area contributed by atoms with Gasteiger partial charge in [0.25, 0.3) is 5.91 Å². The van der Waals surface area contributed by atoms with Crippen LogP contribution in [0.5, 0.6) is 0 Å². The van der Waals surface area contributed by atoms with Crippen LogP contribution in [0.1, 0.15) is 64.9 Å². The number of amidine groups is 1. The maximum atomic E-state index is 13.6. The molecule has 1 heterocycles. The number of rotatable bonds is 6. The molecule has 7 nitrogen and oxygen atoms in total. The summed E-state index contributed by atoms with van der Waals surface area (Å²) < 4.78 is 0. The van der Waals surface area contributed by atoms with Crippen molar-refractivity contribution in [1.82, 2.24) is 10.7 Å². The predicted molar refractivity (Wildman–Crippen MR) is 152 cm³/mol. The van der Waals surface area contributed by atoms with E-state index in [-0.39, 0.29) is 11.4 Å². The van der Waals surface area contributed by atoms with Gasteiger partial charge in [0, 0.05) is 23.7 Å². The lowest BCUT2D eigenvalue weighted by Gasteiger charge is -2.24. The van der Waals surface area contributed by atoms with Crippen molar-refractivity contribution in [3.63, 3.8) is 0 Å². The average Bonchev–Trinajstić information content (AvgIpc) is 3.59. The quantitative estimate of drug-likeness (QED) is 0.163. The molecule has 1 amide bonds. The number of carbonyl (C=O) groups is 1. The third-order valence-corrected chi connectivity index (χ3v) is 7.43. The Bertz CT molecular complexity index is 1300. The van der Waals surface area contributed by atoms with Gasteiger partial charge in [0.15, 0.2) is 5.84 Å². The second-order valence-electron chi connectivity index (χ2n) is 9.30. The highest BCUT2D eigenvalue weighted by atomic mass is 35.5. The summed E-state index contributed by atoms with van der Waals surface area (Å²) in [6.07, 6.45) is 2.71. The fourth-order valence-corrected chi connectivity index (χ4v) is 5.07. The summed E-state index contributed by atoms with van der Waals surface area (Å²) in [5, 5.41) is 7.74. The molecule has 8 heteroatoms. The molecule has 0 atom stereocenters. The van der Waals surface area contributed by atoms with Crippen molar-refractivity contribution >= 4 is 29.0 Å². The third-order valence-electron chi connectivity index (χ3n) is 7.02. The van der Waals surface area contributed by atoms with E-state index >= 15 is 0 Å². The number of aryl methyl sites for hydroxylation is 1. The van der Waals surface area contributed by atoms with Gasteiger partial charge in [-0.25, -0.2) is 5.84 Å². The Morgan fingerprint density at radius 2 is 1.84 bits per heavy atom. The summed E-state index contributed by atoms with van der Waals surface area (Å²) in [5.41, 5.74) is 9.10. The lowest BCUT2D eigenvalue weighted by molar-refractivity contribution is 0.0931. The first-order valence-corrected chi connectivity index (χ1v) is 13.1. The topological polar surface area (TPSA) is 109 Å². The number of nitrogens with one attached hydrogen (secondary N) is 2. The molecule has 6 N–H and O–H groups in total. The summed E-state index contributed by atoms with van der Waals surface area (Å²) in [6, 6.07) is 20.0. The summed E-state index contributed by atoms with van der Waals surface area (Å²) >= 11 is 6.36. The van der Waals surface area contributed by atoms with Crippen molar-refractivity contribution in [2.75, 3.05) is 11.4 Å². The van der Waals surface area contributed by atoms with Crippen molar-refractivity contribution in [1.29, 1.82) is 0 Å². The molecule has 1 saturated carbocycles. The number of benzene rings is 3. The first kappa shape index (κ1) is 26.5. The minimum Gasteiger partial charge on any atom is -0.366 e. The highest BCUT2D eigenvalue weighted by Crippen LogP contribution is 2.46. The summed E-state index contributed by atoms with van der Waals surface area (Å²) in [7, 11) is 0. The van der Waals surface area contributed by atoms with E-state index in [1.54, 1.807) is 0 Å². The normalized spacial score (nSPS) is 15.4. The first-order chi connectivity index (χ1) is 17.9. The van der Waals surface area contributed by atoms with Gasteiger partial charge < -0.3 is 21.5 Å². The van der Waals surface area contributed by atoms with Crippen LogP contribution in [0.3, 0.4) is 0 Å². The summed E-state index contributed by atoms with van der Waals surface area (Å²) in [6.45, 7) is 7.59. The molecule has 0 bridgehead atoms. The fraction of sp³-hybridized carbons (Fsp3) is 0.310. The number of fused-ring (bicyclic) bond motifs is 1. The van der Waals surface area contributed by atoms with Crippen molar-refractivity contribution in [2.24, 2.45) is 16.8 Å². The van der Waals surface area contributed by atoms with Gasteiger partial charge in [0.1, 0.15) is 0 Å². The molecule has 37 heavy (non-hydrogen) atoms. The van der Waals surface area contributed by atoms with E-state index in [9.17, 15) is 4.79 Å². The Balaban J connectivity index is 0.00000156. The number of para-hydroxylation sites is 1. The molecule has 194 valence electrons. The van der Waals surface area contributed by atoms with Crippen molar-refractivity contribution in [3.8, 4) is 0 Å². The zero-order valence-corrected chi connectivity index (χ0v) is 22.4. The Morgan fingerprint density at radius 3 is 2.46 bits per heavy atom. The monoisotopic (exact) mass is 518 g/mol. The number of hydrazone groups is 1. The zero-order chi connectivity index (χ0) is 26.6. The number of hydrogen-bond acceptors (Lipinski definition) is 5. The molecule has 0 unspecified atom stereocenters. The van der Waals surface area contributed by atoms with E-state index in [0.717, 1.165) is 58.8 Å². The average molecular weight is 519 g/mol. The molecule has 0 spiro atoms. The van der Waals surface area contributed by atoms with Crippen LogP contribution in [0.15, 0.2) is 65.8 Å². The summed E-state index contributed by atoms with van der Waals surface area (Å²) in [4.78, 5) is 15.9. The molecular weight excluding hydrogens is 484 g/mol. The highest BCUT2D eigenvalue weighted by molar-refractivity contribution is 6.31. The predicted octanol–water partition coefficient (Wildman–Crippen LogP) is 4.74. The number of nitrogens with zero attached hydrogens (tertiary/aromatic N) is 2.